The zero-order valence-corrected chi connectivity index (χ0v) is 16.7. The van der Waals surface area contributed by atoms with Gasteiger partial charge in [0.05, 0.1) is 0 Å². The smallest absolute Gasteiger partial charge is 0.191 e. The fraction of sp³-hybridized carbons (Fsp3) is 0.941. The summed E-state index contributed by atoms with van der Waals surface area (Å²) in [5.41, 5.74) is 0.496. The first-order chi connectivity index (χ1) is 10.3. The highest BCUT2D eigenvalue weighted by molar-refractivity contribution is 14.0. The van der Waals surface area contributed by atoms with E-state index in [4.69, 9.17) is 9.73 Å². The van der Waals surface area contributed by atoms with Crippen molar-refractivity contribution in [3.63, 3.8) is 0 Å². The van der Waals surface area contributed by atoms with Crippen LogP contribution in [0.15, 0.2) is 4.99 Å². The molecular weight excluding hydrogens is 389 g/mol. The minimum Gasteiger partial charge on any atom is -0.381 e. The monoisotopic (exact) mass is 423 g/mol. The fourth-order valence-corrected chi connectivity index (χ4v) is 2.80. The maximum absolute atomic E-state index is 5.66. The molecule has 0 atom stereocenters. The molecule has 2 saturated carbocycles. The molecule has 5 heteroatoms. The normalized spacial score (nSPS) is 20.0. The Morgan fingerprint density at radius 1 is 1.23 bits per heavy atom. The van der Waals surface area contributed by atoms with Crippen LogP contribution in [0, 0.1) is 11.3 Å². The minimum absolute atomic E-state index is 0. The highest BCUT2D eigenvalue weighted by Crippen LogP contribution is 2.43. The van der Waals surface area contributed by atoms with Crippen LogP contribution in [0.25, 0.3) is 0 Å². The van der Waals surface area contributed by atoms with Crippen LogP contribution in [-0.2, 0) is 4.74 Å². The third-order valence-electron chi connectivity index (χ3n) is 4.89. The van der Waals surface area contributed by atoms with Gasteiger partial charge in [-0.15, -0.1) is 24.0 Å². The average molecular weight is 423 g/mol. The van der Waals surface area contributed by atoms with Gasteiger partial charge in [0.15, 0.2) is 5.96 Å². The number of hydrogen-bond acceptors (Lipinski definition) is 2. The first kappa shape index (κ1) is 20.0. The number of nitrogens with one attached hydrogen (secondary N) is 2. The Labute approximate surface area is 153 Å². The zero-order valence-electron chi connectivity index (χ0n) is 14.3. The van der Waals surface area contributed by atoms with Gasteiger partial charge in [-0.3, -0.25) is 4.99 Å². The summed E-state index contributed by atoms with van der Waals surface area (Å²) in [5.74, 6) is 1.84. The van der Waals surface area contributed by atoms with E-state index in [9.17, 15) is 0 Å². The molecule has 2 rings (SSSR count). The van der Waals surface area contributed by atoms with Crippen molar-refractivity contribution < 1.29 is 4.74 Å². The van der Waals surface area contributed by atoms with E-state index in [2.05, 4.69) is 24.5 Å². The summed E-state index contributed by atoms with van der Waals surface area (Å²) in [6.07, 6.45) is 9.12. The summed E-state index contributed by atoms with van der Waals surface area (Å²) < 4.78 is 5.66. The molecule has 22 heavy (non-hydrogen) atoms. The molecule has 2 N–H and O–H groups in total. The second-order valence-corrected chi connectivity index (χ2v) is 6.70. The maximum Gasteiger partial charge on any atom is 0.191 e. The first-order valence-electron chi connectivity index (χ1n) is 8.88. The van der Waals surface area contributed by atoms with Gasteiger partial charge in [-0.1, -0.05) is 13.3 Å². The van der Waals surface area contributed by atoms with Crippen molar-refractivity contribution in [2.75, 3.05) is 32.8 Å². The van der Waals surface area contributed by atoms with E-state index < -0.39 is 0 Å². The van der Waals surface area contributed by atoms with Gasteiger partial charge >= 0.3 is 0 Å². The molecule has 0 radical (unpaired) electrons. The number of rotatable bonds is 10. The van der Waals surface area contributed by atoms with Gasteiger partial charge in [-0.05, 0) is 56.8 Å². The highest BCUT2D eigenvalue weighted by atomic mass is 127. The van der Waals surface area contributed by atoms with Crippen LogP contribution in [0.1, 0.15) is 58.8 Å². The zero-order chi connectivity index (χ0) is 15.0. The third-order valence-corrected chi connectivity index (χ3v) is 4.89. The Kier molecular flexibility index (Phi) is 9.71. The van der Waals surface area contributed by atoms with Crippen LogP contribution in [0.4, 0.5) is 0 Å². The van der Waals surface area contributed by atoms with Crippen LogP contribution >= 0.6 is 24.0 Å². The minimum atomic E-state index is 0. The van der Waals surface area contributed by atoms with E-state index in [0.29, 0.717) is 5.41 Å². The van der Waals surface area contributed by atoms with Crippen molar-refractivity contribution in [1.29, 1.82) is 0 Å². The molecule has 4 nitrogen and oxygen atoms in total. The Hall–Kier alpha value is -0.0400. The van der Waals surface area contributed by atoms with Gasteiger partial charge in [-0.2, -0.15) is 0 Å². The quantitative estimate of drug-likeness (QED) is 0.245. The van der Waals surface area contributed by atoms with Crippen molar-refractivity contribution in [3.05, 3.63) is 0 Å². The Morgan fingerprint density at radius 2 is 2.00 bits per heavy atom. The highest BCUT2D eigenvalue weighted by Gasteiger charge is 2.34. The molecular formula is C17H34IN3O. The number of hydrogen-bond donors (Lipinski definition) is 2. The maximum atomic E-state index is 5.66. The standard InChI is InChI=1S/C17H33N3O.HI/c1-3-17(9-5-10-17)14-20-16(18-4-2)19-11-6-12-21-13-15-7-8-15;/h15H,3-14H2,1-2H3,(H2,18,19,20);1H. The third kappa shape index (κ3) is 7.02. The number of nitrogens with zero attached hydrogens (tertiary/aromatic N) is 1. The van der Waals surface area contributed by atoms with E-state index in [1.54, 1.807) is 0 Å². The van der Waals surface area contributed by atoms with Gasteiger partial charge in [0.25, 0.3) is 0 Å². The lowest BCUT2D eigenvalue weighted by atomic mass is 9.67. The van der Waals surface area contributed by atoms with Gasteiger partial charge in [0.1, 0.15) is 0 Å². The van der Waals surface area contributed by atoms with E-state index in [0.717, 1.165) is 51.1 Å². The Bertz CT molecular complexity index is 322. The summed E-state index contributed by atoms with van der Waals surface area (Å²) in [5, 5.41) is 6.77. The molecule has 0 unspecified atom stereocenters. The topological polar surface area (TPSA) is 45.7 Å². The summed E-state index contributed by atoms with van der Waals surface area (Å²) >= 11 is 0. The van der Waals surface area contributed by atoms with Gasteiger partial charge < -0.3 is 15.4 Å². The SMILES string of the molecule is CCNC(=NCC1(CC)CCC1)NCCCOCC1CC1.I. The second kappa shape index (κ2) is 10.7. The van der Waals surface area contributed by atoms with E-state index >= 15 is 0 Å². The predicted octanol–water partition coefficient (Wildman–Crippen LogP) is 3.56. The lowest BCUT2D eigenvalue weighted by Crippen LogP contribution is -2.40. The van der Waals surface area contributed by atoms with Crippen molar-refractivity contribution in [1.82, 2.24) is 10.6 Å². The lowest BCUT2D eigenvalue weighted by molar-refractivity contribution is 0.123. The number of halogens is 1. The number of ether oxygens (including phenoxy) is 1. The van der Waals surface area contributed by atoms with Crippen LogP contribution in [0.3, 0.4) is 0 Å². The second-order valence-electron chi connectivity index (χ2n) is 6.70. The fourth-order valence-electron chi connectivity index (χ4n) is 2.80. The average Bonchev–Trinajstić information content (AvgIpc) is 3.25. The lowest BCUT2D eigenvalue weighted by Gasteiger charge is -2.40. The molecule has 0 bridgehead atoms. The number of aliphatic imine (C=N–C) groups is 1. The van der Waals surface area contributed by atoms with Crippen molar-refractivity contribution >= 4 is 29.9 Å². The van der Waals surface area contributed by atoms with Crippen LogP contribution in [-0.4, -0.2) is 38.8 Å². The molecule has 0 saturated heterocycles. The van der Waals surface area contributed by atoms with E-state index in [1.165, 1.54) is 38.5 Å². The van der Waals surface area contributed by atoms with Crippen molar-refractivity contribution in [2.45, 2.75) is 58.8 Å². The van der Waals surface area contributed by atoms with Crippen LogP contribution < -0.4 is 10.6 Å². The van der Waals surface area contributed by atoms with Gasteiger partial charge in [0, 0.05) is 32.8 Å². The summed E-state index contributed by atoms with van der Waals surface area (Å²) in [7, 11) is 0. The molecule has 0 heterocycles. The van der Waals surface area contributed by atoms with Gasteiger partial charge in [0.2, 0.25) is 0 Å². The molecule has 0 aromatic heterocycles. The molecule has 2 aliphatic carbocycles. The Balaban J connectivity index is 0.00000242. The molecule has 130 valence electrons. The van der Waals surface area contributed by atoms with Crippen molar-refractivity contribution in [3.8, 4) is 0 Å². The van der Waals surface area contributed by atoms with Crippen LogP contribution in [0.5, 0.6) is 0 Å². The molecule has 0 aliphatic heterocycles. The molecule has 0 aromatic carbocycles. The molecule has 2 fully saturated rings. The van der Waals surface area contributed by atoms with E-state index in [-0.39, 0.29) is 24.0 Å². The van der Waals surface area contributed by atoms with Gasteiger partial charge in [-0.25, -0.2) is 0 Å². The molecule has 0 amide bonds. The molecule has 0 spiro atoms. The predicted molar refractivity (Wildman–Crippen MR) is 104 cm³/mol. The summed E-state index contributed by atoms with van der Waals surface area (Å²) in [6, 6.07) is 0. The van der Waals surface area contributed by atoms with Crippen molar-refractivity contribution in [2.24, 2.45) is 16.3 Å². The number of guanidine groups is 1. The Morgan fingerprint density at radius 3 is 2.55 bits per heavy atom. The van der Waals surface area contributed by atoms with E-state index in [1.807, 2.05) is 0 Å². The molecule has 2 aliphatic rings. The molecule has 0 aromatic rings. The summed E-state index contributed by atoms with van der Waals surface area (Å²) in [4.78, 5) is 4.79. The summed E-state index contributed by atoms with van der Waals surface area (Å²) in [6.45, 7) is 9.08. The largest absolute Gasteiger partial charge is 0.381 e. The first-order valence-corrected chi connectivity index (χ1v) is 8.88. The van der Waals surface area contributed by atoms with Crippen LogP contribution in [0.2, 0.25) is 0 Å².